The van der Waals surface area contributed by atoms with Crippen molar-refractivity contribution >= 4 is 5.82 Å². The van der Waals surface area contributed by atoms with E-state index in [4.69, 9.17) is 14.2 Å². The number of nitrogens with one attached hydrogen (secondary N) is 1. The van der Waals surface area contributed by atoms with Crippen LogP contribution in [0.4, 0.5) is 5.82 Å². The second-order valence-electron chi connectivity index (χ2n) is 3.39. The van der Waals surface area contributed by atoms with E-state index in [9.17, 15) is 0 Å². The van der Waals surface area contributed by atoms with Crippen molar-refractivity contribution in [1.82, 2.24) is 9.97 Å². The first-order valence-electron chi connectivity index (χ1n) is 5.46. The highest BCUT2D eigenvalue weighted by Gasteiger charge is 2.04. The van der Waals surface area contributed by atoms with E-state index < -0.39 is 0 Å². The monoisotopic (exact) mass is 241 g/mol. The molecule has 1 N–H and O–H groups in total. The standard InChI is InChI=1S/C11H19N3O3/c1-12-9-7-11(17-6-4-5-15-2)14-10(13-9)8-16-3/h7H,4-6,8H2,1-3H3,(H,12,13,14). The fourth-order valence-electron chi connectivity index (χ4n) is 1.25. The third kappa shape index (κ3) is 4.97. The Hall–Kier alpha value is -1.40. The number of anilines is 1. The Labute approximate surface area is 101 Å². The predicted molar refractivity (Wildman–Crippen MR) is 64.3 cm³/mol. The minimum Gasteiger partial charge on any atom is -0.477 e. The van der Waals surface area contributed by atoms with Crippen LogP contribution in [-0.2, 0) is 16.1 Å². The summed E-state index contributed by atoms with van der Waals surface area (Å²) in [6.45, 7) is 1.61. The Kier molecular flexibility index (Phi) is 6.27. The summed E-state index contributed by atoms with van der Waals surface area (Å²) in [5.41, 5.74) is 0. The number of hydrogen-bond donors (Lipinski definition) is 1. The molecule has 0 aliphatic carbocycles. The lowest BCUT2D eigenvalue weighted by atomic mass is 10.5. The lowest BCUT2D eigenvalue weighted by molar-refractivity contribution is 0.167. The summed E-state index contributed by atoms with van der Waals surface area (Å²) in [4.78, 5) is 8.46. The molecule has 0 saturated heterocycles. The van der Waals surface area contributed by atoms with Gasteiger partial charge in [-0.2, -0.15) is 4.98 Å². The number of methoxy groups -OCH3 is 2. The van der Waals surface area contributed by atoms with Crippen LogP contribution in [0.5, 0.6) is 5.88 Å². The molecule has 0 aromatic carbocycles. The number of ether oxygens (including phenoxy) is 3. The van der Waals surface area contributed by atoms with Gasteiger partial charge in [0.1, 0.15) is 12.4 Å². The van der Waals surface area contributed by atoms with Crippen molar-refractivity contribution in [3.8, 4) is 5.88 Å². The average molecular weight is 241 g/mol. The van der Waals surface area contributed by atoms with Crippen LogP contribution in [0.2, 0.25) is 0 Å². The van der Waals surface area contributed by atoms with Gasteiger partial charge in [-0.1, -0.05) is 0 Å². The van der Waals surface area contributed by atoms with Crippen LogP contribution >= 0.6 is 0 Å². The third-order valence-corrected chi connectivity index (χ3v) is 2.02. The van der Waals surface area contributed by atoms with Crippen LogP contribution in [0.25, 0.3) is 0 Å². The molecule has 0 unspecified atom stereocenters. The molecule has 17 heavy (non-hydrogen) atoms. The zero-order valence-electron chi connectivity index (χ0n) is 10.5. The quantitative estimate of drug-likeness (QED) is 0.687. The summed E-state index contributed by atoms with van der Waals surface area (Å²) in [7, 11) is 5.07. The van der Waals surface area contributed by atoms with E-state index in [0.29, 0.717) is 37.3 Å². The molecule has 0 spiro atoms. The molecular formula is C11H19N3O3. The van der Waals surface area contributed by atoms with Gasteiger partial charge in [0.25, 0.3) is 0 Å². The van der Waals surface area contributed by atoms with Gasteiger partial charge in [-0.05, 0) is 0 Å². The van der Waals surface area contributed by atoms with E-state index in [1.807, 2.05) is 0 Å². The zero-order valence-corrected chi connectivity index (χ0v) is 10.5. The Morgan fingerprint density at radius 3 is 2.65 bits per heavy atom. The van der Waals surface area contributed by atoms with Crippen LogP contribution in [0.15, 0.2) is 6.07 Å². The van der Waals surface area contributed by atoms with Gasteiger partial charge in [-0.15, -0.1) is 0 Å². The number of hydrogen-bond acceptors (Lipinski definition) is 6. The van der Waals surface area contributed by atoms with Crippen molar-refractivity contribution in [3.05, 3.63) is 11.9 Å². The van der Waals surface area contributed by atoms with Crippen LogP contribution in [0.1, 0.15) is 12.2 Å². The van der Waals surface area contributed by atoms with Crippen molar-refractivity contribution in [2.75, 3.05) is 39.8 Å². The topological polar surface area (TPSA) is 65.5 Å². The predicted octanol–water partition coefficient (Wildman–Crippen LogP) is 1.08. The smallest absolute Gasteiger partial charge is 0.218 e. The van der Waals surface area contributed by atoms with Gasteiger partial charge in [-0.25, -0.2) is 4.98 Å². The summed E-state index contributed by atoms with van der Waals surface area (Å²) < 4.78 is 15.4. The van der Waals surface area contributed by atoms with Crippen LogP contribution in [0, 0.1) is 0 Å². The molecule has 1 aromatic heterocycles. The van der Waals surface area contributed by atoms with Crippen molar-refractivity contribution in [2.45, 2.75) is 13.0 Å². The van der Waals surface area contributed by atoms with Gasteiger partial charge in [0.2, 0.25) is 5.88 Å². The highest BCUT2D eigenvalue weighted by molar-refractivity contribution is 5.37. The second-order valence-corrected chi connectivity index (χ2v) is 3.39. The molecule has 0 aliphatic heterocycles. The minimum atomic E-state index is 0.365. The van der Waals surface area contributed by atoms with Crippen molar-refractivity contribution in [3.63, 3.8) is 0 Å². The molecule has 0 fully saturated rings. The first kappa shape index (κ1) is 13.7. The Bertz CT molecular complexity index is 334. The molecule has 0 radical (unpaired) electrons. The van der Waals surface area contributed by atoms with E-state index >= 15 is 0 Å². The highest BCUT2D eigenvalue weighted by atomic mass is 16.5. The van der Waals surface area contributed by atoms with E-state index in [1.165, 1.54) is 0 Å². The Balaban J connectivity index is 2.59. The van der Waals surface area contributed by atoms with Crippen LogP contribution in [-0.4, -0.2) is 44.4 Å². The fourth-order valence-corrected chi connectivity index (χ4v) is 1.25. The van der Waals surface area contributed by atoms with Crippen molar-refractivity contribution in [2.24, 2.45) is 0 Å². The maximum Gasteiger partial charge on any atom is 0.218 e. The van der Waals surface area contributed by atoms with Gasteiger partial charge in [-0.3, -0.25) is 0 Å². The molecule has 1 heterocycles. The maximum atomic E-state index is 5.51. The Morgan fingerprint density at radius 1 is 1.18 bits per heavy atom. The maximum absolute atomic E-state index is 5.51. The van der Waals surface area contributed by atoms with E-state index in [0.717, 1.165) is 6.42 Å². The first-order valence-corrected chi connectivity index (χ1v) is 5.46. The molecule has 96 valence electrons. The van der Waals surface area contributed by atoms with Gasteiger partial charge >= 0.3 is 0 Å². The summed E-state index contributed by atoms with van der Waals surface area (Å²) in [6, 6.07) is 1.76. The molecule has 6 nitrogen and oxygen atoms in total. The fraction of sp³-hybridized carbons (Fsp3) is 0.636. The highest BCUT2D eigenvalue weighted by Crippen LogP contribution is 2.13. The molecule has 0 amide bonds. The van der Waals surface area contributed by atoms with Gasteiger partial charge in [0.05, 0.1) is 6.61 Å². The number of rotatable bonds is 8. The molecular weight excluding hydrogens is 222 g/mol. The summed E-state index contributed by atoms with van der Waals surface area (Å²) in [5.74, 6) is 1.86. The van der Waals surface area contributed by atoms with Gasteiger partial charge in [0.15, 0.2) is 5.82 Å². The van der Waals surface area contributed by atoms with E-state index in [2.05, 4.69) is 15.3 Å². The molecule has 1 aromatic rings. The van der Waals surface area contributed by atoms with Crippen molar-refractivity contribution in [1.29, 1.82) is 0 Å². The molecule has 0 saturated carbocycles. The number of nitrogens with zero attached hydrogens (tertiary/aromatic N) is 2. The van der Waals surface area contributed by atoms with E-state index in [1.54, 1.807) is 27.3 Å². The SMILES string of the molecule is CNc1cc(OCCCOC)nc(COC)n1. The zero-order chi connectivity index (χ0) is 12.5. The minimum absolute atomic E-state index is 0.365. The van der Waals surface area contributed by atoms with Crippen LogP contribution < -0.4 is 10.1 Å². The van der Waals surface area contributed by atoms with Crippen molar-refractivity contribution < 1.29 is 14.2 Å². The summed E-state index contributed by atoms with van der Waals surface area (Å²) in [5, 5.41) is 2.96. The van der Waals surface area contributed by atoms with E-state index in [-0.39, 0.29) is 0 Å². The molecule has 6 heteroatoms. The van der Waals surface area contributed by atoms with Gasteiger partial charge in [0, 0.05) is 40.4 Å². The molecule has 0 bridgehead atoms. The summed E-state index contributed by atoms with van der Waals surface area (Å²) in [6.07, 6.45) is 0.828. The third-order valence-electron chi connectivity index (χ3n) is 2.02. The lowest BCUT2D eigenvalue weighted by Gasteiger charge is -2.08. The Morgan fingerprint density at radius 2 is 2.00 bits per heavy atom. The summed E-state index contributed by atoms with van der Waals surface area (Å²) >= 11 is 0. The number of aromatic nitrogens is 2. The molecule has 1 rings (SSSR count). The second kappa shape index (κ2) is 7.81. The van der Waals surface area contributed by atoms with Crippen LogP contribution in [0.3, 0.4) is 0 Å². The first-order chi connectivity index (χ1) is 8.30. The molecule has 0 atom stereocenters. The molecule has 0 aliphatic rings. The largest absolute Gasteiger partial charge is 0.477 e. The average Bonchev–Trinajstić information content (AvgIpc) is 2.35. The lowest BCUT2D eigenvalue weighted by Crippen LogP contribution is -2.07. The van der Waals surface area contributed by atoms with Gasteiger partial charge < -0.3 is 19.5 Å². The normalized spacial score (nSPS) is 10.3.